The summed E-state index contributed by atoms with van der Waals surface area (Å²) >= 11 is 2.05. The van der Waals surface area contributed by atoms with E-state index in [2.05, 4.69) is 101 Å². The Kier molecular flexibility index (Phi) is 5.30. The molecule has 178 valence electrons. The van der Waals surface area contributed by atoms with Crippen LogP contribution in [0.25, 0.3) is 42.9 Å². The monoisotopic (exact) mass is 478 g/mol. The molecule has 5 aromatic rings. The third kappa shape index (κ3) is 3.78. The van der Waals surface area contributed by atoms with Crippen molar-refractivity contribution in [3.63, 3.8) is 0 Å². The molecule has 35 heavy (non-hydrogen) atoms. The predicted molar refractivity (Wildman–Crippen MR) is 153 cm³/mol. The molecule has 6 rings (SSSR count). The molecule has 2 heteroatoms. The quantitative estimate of drug-likeness (QED) is 0.176. The van der Waals surface area contributed by atoms with Crippen LogP contribution in [-0.2, 0) is 7.05 Å². The average molecular weight is 479 g/mol. The minimum absolute atomic E-state index is 0.515. The zero-order valence-electron chi connectivity index (χ0n) is 22.0. The molecule has 1 aliphatic carbocycles. The predicted octanol–water partition coefficient (Wildman–Crippen LogP) is 9.31. The van der Waals surface area contributed by atoms with Gasteiger partial charge in [-0.15, -0.1) is 11.3 Å². The van der Waals surface area contributed by atoms with Gasteiger partial charge in [-0.3, -0.25) is 0 Å². The topological polar surface area (TPSA) is 3.88 Å². The van der Waals surface area contributed by atoms with E-state index in [4.69, 9.17) is 0 Å². The Hall–Kier alpha value is -2.71. The van der Waals surface area contributed by atoms with Crippen molar-refractivity contribution < 1.29 is 4.57 Å². The number of hydrogen-bond acceptors (Lipinski definition) is 1. The van der Waals surface area contributed by atoms with Crippen molar-refractivity contribution in [3.05, 3.63) is 76.3 Å². The number of benzene rings is 3. The highest BCUT2D eigenvalue weighted by atomic mass is 32.1. The van der Waals surface area contributed by atoms with Gasteiger partial charge in [0.25, 0.3) is 0 Å². The van der Waals surface area contributed by atoms with Crippen molar-refractivity contribution in [3.8, 4) is 11.3 Å². The van der Waals surface area contributed by atoms with Crippen molar-refractivity contribution in [1.29, 1.82) is 0 Å². The van der Waals surface area contributed by atoms with Crippen molar-refractivity contribution in [2.45, 2.75) is 66.2 Å². The van der Waals surface area contributed by atoms with E-state index in [-0.39, 0.29) is 0 Å². The summed E-state index contributed by atoms with van der Waals surface area (Å²) in [6, 6.07) is 18.9. The van der Waals surface area contributed by atoms with Gasteiger partial charge in [0.15, 0.2) is 6.20 Å². The van der Waals surface area contributed by atoms with E-state index < -0.39 is 0 Å². The number of rotatable bonds is 2. The molecule has 0 aliphatic heterocycles. The first-order valence-electron chi connectivity index (χ1n) is 13.1. The van der Waals surface area contributed by atoms with Crippen LogP contribution in [0.15, 0.2) is 54.7 Å². The highest BCUT2D eigenvalue weighted by Crippen LogP contribution is 2.46. The van der Waals surface area contributed by atoms with E-state index in [1.54, 1.807) is 4.88 Å². The maximum Gasteiger partial charge on any atom is 0.220 e. The van der Waals surface area contributed by atoms with Crippen molar-refractivity contribution in [2.24, 2.45) is 12.5 Å². The molecule has 0 spiro atoms. The molecule has 1 nitrogen and oxygen atoms in total. The Balaban J connectivity index is 1.53. The van der Waals surface area contributed by atoms with E-state index in [1.165, 1.54) is 85.3 Å². The largest absolute Gasteiger partial charge is 0.220 e. The minimum Gasteiger partial charge on any atom is -0.200 e. The van der Waals surface area contributed by atoms with Crippen LogP contribution in [0.1, 0.15) is 67.0 Å². The molecule has 2 aromatic heterocycles. The lowest BCUT2D eigenvalue weighted by Crippen LogP contribution is -2.30. The van der Waals surface area contributed by atoms with Gasteiger partial charge in [-0.05, 0) is 97.9 Å². The standard InChI is InChI=1S/C33H36NS/c1-20-17-21(2)22(3)29(18-20)31-27-9-10-28-25(26(27)13-16-34(31)6)8-7-24-19-30(35-32(24)28)23-11-14-33(4,5)15-12-23/h7-10,13,16-19,23H,11-12,14-15H2,1-6H3/q+1. The molecule has 1 aliphatic rings. The van der Waals surface area contributed by atoms with Crippen molar-refractivity contribution >= 4 is 43.0 Å². The van der Waals surface area contributed by atoms with E-state index in [1.807, 2.05) is 11.3 Å². The number of pyridine rings is 1. The summed E-state index contributed by atoms with van der Waals surface area (Å²) in [6.45, 7) is 11.5. The molecule has 3 aromatic carbocycles. The number of thiophene rings is 1. The third-order valence-corrected chi connectivity index (χ3v) is 9.97. The average Bonchev–Trinajstić information content (AvgIpc) is 3.26. The third-order valence-electron chi connectivity index (χ3n) is 8.62. The molecule has 0 saturated heterocycles. The zero-order valence-corrected chi connectivity index (χ0v) is 22.8. The van der Waals surface area contributed by atoms with E-state index >= 15 is 0 Å². The molecule has 0 atom stereocenters. The summed E-state index contributed by atoms with van der Waals surface area (Å²) in [5, 5.41) is 6.87. The first-order valence-corrected chi connectivity index (χ1v) is 13.9. The van der Waals surface area contributed by atoms with Gasteiger partial charge >= 0.3 is 0 Å². The van der Waals surface area contributed by atoms with Crippen LogP contribution < -0.4 is 4.57 Å². The molecular formula is C33H36NS+. The van der Waals surface area contributed by atoms with E-state index in [0.717, 1.165) is 5.92 Å². The zero-order chi connectivity index (χ0) is 24.5. The summed E-state index contributed by atoms with van der Waals surface area (Å²) in [5.41, 5.74) is 7.21. The number of aryl methyl sites for hydroxylation is 3. The van der Waals surface area contributed by atoms with Gasteiger partial charge in [0.2, 0.25) is 5.69 Å². The van der Waals surface area contributed by atoms with Gasteiger partial charge in [-0.25, -0.2) is 4.57 Å². The van der Waals surface area contributed by atoms with Crippen LogP contribution in [0.3, 0.4) is 0 Å². The Morgan fingerprint density at radius 1 is 0.829 bits per heavy atom. The van der Waals surface area contributed by atoms with Crippen molar-refractivity contribution in [2.75, 3.05) is 0 Å². The van der Waals surface area contributed by atoms with Gasteiger partial charge in [0.05, 0.1) is 10.9 Å². The van der Waals surface area contributed by atoms with Crippen LogP contribution in [-0.4, -0.2) is 0 Å². The minimum atomic E-state index is 0.515. The summed E-state index contributed by atoms with van der Waals surface area (Å²) < 4.78 is 3.75. The molecule has 1 fully saturated rings. The fraction of sp³-hybridized carbons (Fsp3) is 0.364. The molecule has 0 radical (unpaired) electrons. The second-order valence-electron chi connectivity index (χ2n) is 11.7. The van der Waals surface area contributed by atoms with Gasteiger partial charge in [-0.2, -0.15) is 0 Å². The van der Waals surface area contributed by atoms with Gasteiger partial charge in [0.1, 0.15) is 7.05 Å². The molecule has 1 saturated carbocycles. The SMILES string of the molecule is Cc1cc(C)c(C)c(-c2c3ccc4c(ccc5cc(C6CCC(C)(C)CC6)sc54)c3cc[n+]2C)c1. The Morgan fingerprint density at radius 3 is 2.29 bits per heavy atom. The molecule has 2 heterocycles. The van der Waals surface area contributed by atoms with Gasteiger partial charge in [0, 0.05) is 26.4 Å². The number of hydrogen-bond donors (Lipinski definition) is 0. The van der Waals surface area contributed by atoms with Crippen LogP contribution in [0.5, 0.6) is 0 Å². The van der Waals surface area contributed by atoms with Crippen LogP contribution in [0.2, 0.25) is 0 Å². The molecule has 0 bridgehead atoms. The maximum atomic E-state index is 2.49. The first kappa shape index (κ1) is 22.7. The summed E-state index contributed by atoms with van der Waals surface area (Å²) in [7, 11) is 2.18. The highest BCUT2D eigenvalue weighted by Gasteiger charge is 2.28. The van der Waals surface area contributed by atoms with Crippen LogP contribution >= 0.6 is 11.3 Å². The lowest BCUT2D eigenvalue weighted by molar-refractivity contribution is -0.659. The normalized spacial score (nSPS) is 16.5. The smallest absolute Gasteiger partial charge is 0.200 e. The molecule has 0 N–H and O–H groups in total. The second kappa shape index (κ2) is 8.17. The van der Waals surface area contributed by atoms with Crippen LogP contribution in [0, 0.1) is 26.2 Å². The lowest BCUT2D eigenvalue weighted by Gasteiger charge is -2.33. The van der Waals surface area contributed by atoms with E-state index in [0.29, 0.717) is 5.41 Å². The number of aromatic nitrogens is 1. The second-order valence-corrected chi connectivity index (χ2v) is 12.8. The summed E-state index contributed by atoms with van der Waals surface area (Å²) in [5.74, 6) is 0.731. The number of fused-ring (bicyclic) bond motifs is 5. The number of nitrogens with zero attached hydrogens (tertiary/aromatic N) is 1. The fourth-order valence-corrected chi connectivity index (χ4v) is 7.65. The summed E-state index contributed by atoms with van der Waals surface area (Å²) in [4.78, 5) is 1.59. The van der Waals surface area contributed by atoms with Gasteiger partial charge in [-0.1, -0.05) is 43.7 Å². The highest BCUT2D eigenvalue weighted by molar-refractivity contribution is 7.20. The van der Waals surface area contributed by atoms with E-state index in [9.17, 15) is 0 Å². The lowest BCUT2D eigenvalue weighted by atomic mass is 9.73. The molecule has 0 amide bonds. The maximum absolute atomic E-state index is 2.49. The molecule has 0 unspecified atom stereocenters. The van der Waals surface area contributed by atoms with Crippen molar-refractivity contribution in [1.82, 2.24) is 0 Å². The van der Waals surface area contributed by atoms with Gasteiger partial charge < -0.3 is 0 Å². The fourth-order valence-electron chi connectivity index (χ4n) is 6.29. The molecular weight excluding hydrogens is 442 g/mol. The first-order chi connectivity index (χ1) is 16.7. The van der Waals surface area contributed by atoms with Crippen LogP contribution in [0.4, 0.5) is 0 Å². The summed E-state index contributed by atoms with van der Waals surface area (Å²) in [6.07, 6.45) is 7.58. The Labute approximate surface area is 213 Å². The Morgan fingerprint density at radius 2 is 1.51 bits per heavy atom. The Bertz CT molecular complexity index is 1610.